The van der Waals surface area contributed by atoms with Gasteiger partial charge >= 0.3 is 6.09 Å². The normalized spacial score (nSPS) is 21.8. The van der Waals surface area contributed by atoms with Gasteiger partial charge in [-0.1, -0.05) is 0 Å². The van der Waals surface area contributed by atoms with Gasteiger partial charge in [-0.15, -0.1) is 0 Å². The van der Waals surface area contributed by atoms with E-state index in [0.717, 1.165) is 18.2 Å². The monoisotopic (exact) mass is 438 g/mol. The maximum absolute atomic E-state index is 14.3. The summed E-state index contributed by atoms with van der Waals surface area (Å²) in [5, 5.41) is 0. The summed E-state index contributed by atoms with van der Waals surface area (Å²) in [6, 6.07) is 2.18. The summed E-state index contributed by atoms with van der Waals surface area (Å²) in [6.07, 6.45) is -0.999. The van der Waals surface area contributed by atoms with Crippen LogP contribution in [-0.4, -0.2) is 72.1 Å². The number of benzene rings is 1. The number of likely N-dealkylation sites (tertiary alicyclic amines) is 1. The minimum absolute atomic E-state index is 0.00254. The van der Waals surface area contributed by atoms with E-state index in [1.807, 2.05) is 0 Å². The Balaban J connectivity index is 1.79. The van der Waals surface area contributed by atoms with Crippen molar-refractivity contribution in [1.29, 1.82) is 0 Å². The molecular weight excluding hydrogens is 410 g/mol. The summed E-state index contributed by atoms with van der Waals surface area (Å²) < 4.78 is 38.7. The lowest BCUT2D eigenvalue weighted by molar-refractivity contribution is -0.139. The largest absolute Gasteiger partial charge is 0.444 e. The van der Waals surface area contributed by atoms with E-state index in [2.05, 4.69) is 0 Å². The van der Waals surface area contributed by atoms with Gasteiger partial charge in [0.05, 0.1) is 25.7 Å². The lowest BCUT2D eigenvalue weighted by Gasteiger charge is -2.29. The van der Waals surface area contributed by atoms with Gasteiger partial charge < -0.3 is 14.4 Å². The predicted octanol–water partition coefficient (Wildman–Crippen LogP) is 2.88. The lowest BCUT2D eigenvalue weighted by Crippen LogP contribution is -2.46. The van der Waals surface area contributed by atoms with Crippen molar-refractivity contribution in [2.45, 2.75) is 51.2 Å². The van der Waals surface area contributed by atoms with Crippen LogP contribution in [0.3, 0.4) is 0 Å². The first-order chi connectivity index (χ1) is 14.5. The van der Waals surface area contributed by atoms with Crippen LogP contribution in [0, 0.1) is 11.6 Å². The molecule has 2 aliphatic heterocycles. The molecule has 2 atom stereocenters. The number of hydrogen-bond donors (Lipinski definition) is 0. The fraction of sp³-hybridized carbons (Fsp3) is 0.591. The van der Waals surface area contributed by atoms with Crippen molar-refractivity contribution in [3.8, 4) is 0 Å². The molecule has 0 aliphatic carbocycles. The highest BCUT2D eigenvalue weighted by Crippen LogP contribution is 2.35. The quantitative estimate of drug-likeness (QED) is 0.676. The van der Waals surface area contributed by atoms with Gasteiger partial charge in [0, 0.05) is 25.6 Å². The average molecular weight is 438 g/mol. The van der Waals surface area contributed by atoms with Crippen molar-refractivity contribution in [1.82, 2.24) is 9.80 Å². The van der Waals surface area contributed by atoms with Crippen molar-refractivity contribution in [3.05, 3.63) is 35.4 Å². The van der Waals surface area contributed by atoms with Gasteiger partial charge in [-0.3, -0.25) is 14.5 Å². The van der Waals surface area contributed by atoms with Crippen LogP contribution >= 0.6 is 0 Å². The van der Waals surface area contributed by atoms with Crippen LogP contribution in [0.4, 0.5) is 13.6 Å². The number of ketones is 1. The Morgan fingerprint density at radius 2 is 1.84 bits per heavy atom. The van der Waals surface area contributed by atoms with Gasteiger partial charge in [-0.25, -0.2) is 13.6 Å². The van der Waals surface area contributed by atoms with Gasteiger partial charge in [0.1, 0.15) is 17.2 Å². The van der Waals surface area contributed by atoms with Crippen LogP contribution in [0.15, 0.2) is 18.2 Å². The maximum Gasteiger partial charge on any atom is 0.410 e. The Kier molecular flexibility index (Phi) is 6.93. The standard InChI is InChI=1S/C22H28F2N2O5/c1-22(2,3)31-21(29)26-13-14(16-11-15(23)4-5-17(16)24)10-18(26)19(27)12-20(28)25-6-8-30-9-7-25/h4-5,11,14,18H,6-10,12-13H2,1-3H3/t14-,18?/m1/s1. The smallest absolute Gasteiger partial charge is 0.410 e. The molecule has 7 nitrogen and oxygen atoms in total. The van der Waals surface area contributed by atoms with Gasteiger partial charge in [0.25, 0.3) is 0 Å². The first kappa shape index (κ1) is 23.1. The number of ether oxygens (including phenoxy) is 2. The van der Waals surface area contributed by atoms with Crippen molar-refractivity contribution >= 4 is 17.8 Å². The molecule has 2 aliphatic rings. The fourth-order valence-corrected chi connectivity index (χ4v) is 3.91. The van der Waals surface area contributed by atoms with E-state index in [-0.39, 0.29) is 30.9 Å². The third-order valence-corrected chi connectivity index (χ3v) is 5.39. The zero-order valence-electron chi connectivity index (χ0n) is 18.0. The highest BCUT2D eigenvalue weighted by molar-refractivity contribution is 6.01. The molecule has 2 fully saturated rings. The zero-order chi connectivity index (χ0) is 22.8. The van der Waals surface area contributed by atoms with Gasteiger partial charge in [-0.05, 0) is 51.0 Å². The molecule has 0 spiro atoms. The molecule has 0 bridgehead atoms. The second-order valence-electron chi connectivity index (χ2n) is 8.88. The molecule has 2 amide bonds. The van der Waals surface area contributed by atoms with Crippen LogP contribution in [0.1, 0.15) is 45.1 Å². The lowest BCUT2D eigenvalue weighted by atomic mass is 9.94. The third kappa shape index (κ3) is 5.78. The van der Waals surface area contributed by atoms with Crippen molar-refractivity contribution in [3.63, 3.8) is 0 Å². The number of nitrogens with zero attached hydrogens (tertiary/aromatic N) is 2. The Morgan fingerprint density at radius 3 is 2.48 bits per heavy atom. The molecule has 170 valence electrons. The Morgan fingerprint density at radius 1 is 1.16 bits per heavy atom. The van der Waals surface area contributed by atoms with Crippen molar-refractivity contribution in [2.24, 2.45) is 0 Å². The van der Waals surface area contributed by atoms with Crippen LogP contribution < -0.4 is 0 Å². The van der Waals surface area contributed by atoms with Crippen molar-refractivity contribution < 1.29 is 32.6 Å². The minimum Gasteiger partial charge on any atom is -0.444 e. The van der Waals surface area contributed by atoms with E-state index in [4.69, 9.17) is 9.47 Å². The van der Waals surface area contributed by atoms with Gasteiger partial charge in [-0.2, -0.15) is 0 Å². The highest BCUT2D eigenvalue weighted by Gasteiger charge is 2.43. The number of morpholine rings is 1. The summed E-state index contributed by atoms with van der Waals surface area (Å²) in [4.78, 5) is 41.1. The van der Waals surface area contributed by atoms with E-state index >= 15 is 0 Å². The van der Waals surface area contributed by atoms with Crippen LogP contribution in [-0.2, 0) is 19.1 Å². The molecule has 0 radical (unpaired) electrons. The SMILES string of the molecule is CC(C)(C)OC(=O)N1C[C@H](c2cc(F)ccc2F)CC1C(=O)CC(=O)N1CCOCC1. The molecule has 1 aromatic rings. The molecule has 0 N–H and O–H groups in total. The number of hydrogen-bond acceptors (Lipinski definition) is 5. The minimum atomic E-state index is -0.951. The molecular formula is C22H28F2N2O5. The number of halogens is 2. The summed E-state index contributed by atoms with van der Waals surface area (Å²) in [5.41, 5.74) is -0.695. The topological polar surface area (TPSA) is 76.2 Å². The Hall–Kier alpha value is -2.55. The zero-order valence-corrected chi connectivity index (χ0v) is 18.0. The fourth-order valence-electron chi connectivity index (χ4n) is 3.91. The number of amides is 2. The summed E-state index contributed by atoms with van der Waals surface area (Å²) >= 11 is 0. The van der Waals surface area contributed by atoms with Gasteiger partial charge in [0.2, 0.25) is 5.91 Å². The van der Waals surface area contributed by atoms with E-state index in [9.17, 15) is 23.2 Å². The molecule has 1 unspecified atom stereocenters. The molecule has 1 aromatic carbocycles. The predicted molar refractivity (Wildman–Crippen MR) is 107 cm³/mol. The van der Waals surface area contributed by atoms with Crippen LogP contribution in [0.2, 0.25) is 0 Å². The number of Topliss-reactive ketones (excluding diaryl/α,β-unsaturated/α-hetero) is 1. The molecule has 2 saturated heterocycles. The van der Waals surface area contributed by atoms with E-state index in [1.165, 1.54) is 4.90 Å². The first-order valence-electron chi connectivity index (χ1n) is 10.4. The first-order valence-corrected chi connectivity index (χ1v) is 10.4. The summed E-state index contributed by atoms with van der Waals surface area (Å²) in [6.45, 7) is 6.73. The molecule has 31 heavy (non-hydrogen) atoms. The van der Waals surface area contributed by atoms with Crippen LogP contribution in [0.25, 0.3) is 0 Å². The highest BCUT2D eigenvalue weighted by atomic mass is 19.1. The number of rotatable bonds is 4. The number of carbonyl (C=O) groups is 3. The summed E-state index contributed by atoms with van der Waals surface area (Å²) in [5.74, 6) is -2.57. The Labute approximate surface area is 180 Å². The second-order valence-corrected chi connectivity index (χ2v) is 8.88. The van der Waals surface area contributed by atoms with E-state index in [1.54, 1.807) is 25.7 Å². The summed E-state index contributed by atoms with van der Waals surface area (Å²) in [7, 11) is 0. The number of carbonyl (C=O) groups excluding carboxylic acids is 3. The van der Waals surface area contributed by atoms with Gasteiger partial charge in [0.15, 0.2) is 5.78 Å². The van der Waals surface area contributed by atoms with E-state index in [0.29, 0.717) is 26.3 Å². The molecule has 9 heteroatoms. The Bertz CT molecular complexity index is 849. The maximum atomic E-state index is 14.3. The molecule has 2 heterocycles. The van der Waals surface area contributed by atoms with E-state index < -0.39 is 41.1 Å². The third-order valence-electron chi connectivity index (χ3n) is 5.39. The van der Waals surface area contributed by atoms with Crippen LogP contribution in [0.5, 0.6) is 0 Å². The second kappa shape index (κ2) is 9.30. The molecule has 0 aromatic heterocycles. The molecule has 0 saturated carbocycles. The molecule has 3 rings (SSSR count). The van der Waals surface area contributed by atoms with Crippen molar-refractivity contribution in [2.75, 3.05) is 32.8 Å². The average Bonchev–Trinajstić information content (AvgIpc) is 3.15.